The fraction of sp³-hybridized carbons (Fsp3) is 0.278. The lowest BCUT2D eigenvalue weighted by Crippen LogP contribution is -2.47. The van der Waals surface area contributed by atoms with E-state index in [0.29, 0.717) is 16.3 Å². The fourth-order valence-electron chi connectivity index (χ4n) is 2.78. The summed E-state index contributed by atoms with van der Waals surface area (Å²) in [6.07, 6.45) is 1.11. The minimum atomic E-state index is -3.92. The van der Waals surface area contributed by atoms with Gasteiger partial charge in [-0.2, -0.15) is 0 Å². The van der Waals surface area contributed by atoms with Crippen molar-refractivity contribution in [3.8, 4) is 0 Å². The van der Waals surface area contributed by atoms with Crippen molar-refractivity contribution in [2.75, 3.05) is 15.9 Å². The van der Waals surface area contributed by atoms with Crippen molar-refractivity contribution in [3.05, 3.63) is 63.2 Å². The summed E-state index contributed by atoms with van der Waals surface area (Å²) in [5, 5.41) is 14.2. The summed E-state index contributed by atoms with van der Waals surface area (Å²) in [6.45, 7) is 3.28. The molecular formula is C18H20ClN3O5S. The maximum atomic E-state index is 12.9. The van der Waals surface area contributed by atoms with E-state index in [2.05, 4.69) is 5.32 Å². The van der Waals surface area contributed by atoms with Gasteiger partial charge >= 0.3 is 0 Å². The van der Waals surface area contributed by atoms with Gasteiger partial charge in [-0.25, -0.2) is 8.42 Å². The maximum absolute atomic E-state index is 12.9. The molecule has 2 aromatic rings. The monoisotopic (exact) mass is 425 g/mol. The average Bonchev–Trinajstić information content (AvgIpc) is 2.59. The first-order valence-corrected chi connectivity index (χ1v) is 10.6. The largest absolute Gasteiger partial charge is 0.324 e. The molecule has 0 spiro atoms. The number of hydrogen-bond acceptors (Lipinski definition) is 5. The van der Waals surface area contributed by atoms with Crippen molar-refractivity contribution < 1.29 is 18.1 Å². The van der Waals surface area contributed by atoms with E-state index in [0.717, 1.165) is 16.6 Å². The lowest BCUT2D eigenvalue weighted by molar-refractivity contribution is -0.384. The van der Waals surface area contributed by atoms with Crippen LogP contribution < -0.4 is 9.62 Å². The average molecular weight is 426 g/mol. The Kier molecular flexibility index (Phi) is 6.63. The van der Waals surface area contributed by atoms with Gasteiger partial charge in [-0.1, -0.05) is 30.7 Å². The lowest BCUT2D eigenvalue weighted by Gasteiger charge is -2.31. The third-order valence-electron chi connectivity index (χ3n) is 4.06. The molecule has 2 rings (SSSR count). The van der Waals surface area contributed by atoms with Gasteiger partial charge in [-0.3, -0.25) is 19.2 Å². The first-order chi connectivity index (χ1) is 13.0. The Hall–Kier alpha value is -2.65. The summed E-state index contributed by atoms with van der Waals surface area (Å²) < 4.78 is 26.0. The molecule has 0 aromatic heterocycles. The van der Waals surface area contributed by atoms with Crippen LogP contribution in [0.5, 0.6) is 0 Å². The van der Waals surface area contributed by atoms with Gasteiger partial charge < -0.3 is 5.32 Å². The highest BCUT2D eigenvalue weighted by atomic mass is 35.5. The van der Waals surface area contributed by atoms with E-state index in [1.165, 1.54) is 18.2 Å². The van der Waals surface area contributed by atoms with Crippen LogP contribution in [-0.2, 0) is 14.8 Å². The summed E-state index contributed by atoms with van der Waals surface area (Å²) in [5.41, 5.74) is 0.731. The maximum Gasteiger partial charge on any atom is 0.271 e. The second-order valence-corrected chi connectivity index (χ2v) is 8.51. The van der Waals surface area contributed by atoms with Crippen molar-refractivity contribution in [2.24, 2.45) is 0 Å². The van der Waals surface area contributed by atoms with E-state index in [-0.39, 0.29) is 17.8 Å². The van der Waals surface area contributed by atoms with Crippen LogP contribution in [0.15, 0.2) is 42.5 Å². The number of rotatable bonds is 7. The zero-order valence-corrected chi connectivity index (χ0v) is 17.1. The fourth-order valence-corrected chi connectivity index (χ4v) is 4.23. The Morgan fingerprint density at radius 3 is 2.50 bits per heavy atom. The minimum Gasteiger partial charge on any atom is -0.324 e. The second kappa shape index (κ2) is 8.57. The Bertz CT molecular complexity index is 1010. The number of amides is 1. The number of non-ortho nitro benzene ring substituents is 1. The van der Waals surface area contributed by atoms with E-state index >= 15 is 0 Å². The Morgan fingerprint density at radius 1 is 1.29 bits per heavy atom. The molecule has 1 N–H and O–H groups in total. The number of carbonyl (C=O) groups excluding carboxylic acids is 1. The number of sulfonamides is 1. The van der Waals surface area contributed by atoms with Gasteiger partial charge in [0.05, 0.1) is 16.9 Å². The van der Waals surface area contributed by atoms with E-state index < -0.39 is 26.9 Å². The normalized spacial score (nSPS) is 12.3. The second-order valence-electron chi connectivity index (χ2n) is 6.21. The molecule has 0 aliphatic rings. The lowest BCUT2D eigenvalue weighted by atomic mass is 10.1. The van der Waals surface area contributed by atoms with Crippen LogP contribution >= 0.6 is 11.6 Å². The first kappa shape index (κ1) is 21.6. The van der Waals surface area contributed by atoms with Crippen molar-refractivity contribution in [1.29, 1.82) is 0 Å². The molecule has 0 saturated heterocycles. The van der Waals surface area contributed by atoms with Crippen molar-refractivity contribution in [3.63, 3.8) is 0 Å². The molecule has 1 atom stereocenters. The van der Waals surface area contributed by atoms with Crippen LogP contribution in [-0.4, -0.2) is 31.5 Å². The SMILES string of the molecule is CC[C@@H](C(=O)Nc1cccc(Cl)c1)N(c1cc([N+](=O)[O-])ccc1C)S(C)(=O)=O. The molecule has 0 radical (unpaired) electrons. The number of benzene rings is 2. The summed E-state index contributed by atoms with van der Waals surface area (Å²) in [5.74, 6) is -0.568. The number of nitro groups is 1. The van der Waals surface area contributed by atoms with Crippen LogP contribution in [0.3, 0.4) is 0 Å². The van der Waals surface area contributed by atoms with Gasteiger partial charge in [0.1, 0.15) is 6.04 Å². The number of anilines is 2. The highest BCUT2D eigenvalue weighted by Gasteiger charge is 2.33. The number of carbonyl (C=O) groups is 1. The van der Waals surface area contributed by atoms with E-state index in [4.69, 9.17) is 11.6 Å². The predicted octanol–water partition coefficient (Wildman–Crippen LogP) is 3.74. The van der Waals surface area contributed by atoms with Gasteiger partial charge in [0.2, 0.25) is 15.9 Å². The Labute approximate surface area is 168 Å². The van der Waals surface area contributed by atoms with Crippen LogP contribution in [0.4, 0.5) is 17.1 Å². The van der Waals surface area contributed by atoms with Crippen LogP contribution in [0.1, 0.15) is 18.9 Å². The zero-order valence-electron chi connectivity index (χ0n) is 15.5. The highest BCUT2D eigenvalue weighted by Crippen LogP contribution is 2.30. The molecule has 150 valence electrons. The highest BCUT2D eigenvalue weighted by molar-refractivity contribution is 7.92. The molecule has 0 bridgehead atoms. The molecule has 0 heterocycles. The van der Waals surface area contributed by atoms with Gasteiger partial charge in [0, 0.05) is 22.8 Å². The van der Waals surface area contributed by atoms with Crippen LogP contribution in [0.25, 0.3) is 0 Å². The van der Waals surface area contributed by atoms with E-state index in [1.54, 1.807) is 32.0 Å². The number of hydrogen-bond donors (Lipinski definition) is 1. The summed E-state index contributed by atoms with van der Waals surface area (Å²) in [4.78, 5) is 23.4. The first-order valence-electron chi connectivity index (χ1n) is 8.35. The Balaban J connectivity index is 2.50. The van der Waals surface area contributed by atoms with Crippen molar-refractivity contribution in [2.45, 2.75) is 26.3 Å². The molecule has 2 aromatic carbocycles. The molecule has 0 aliphatic carbocycles. The topological polar surface area (TPSA) is 110 Å². The van der Waals surface area contributed by atoms with E-state index in [9.17, 15) is 23.3 Å². The smallest absolute Gasteiger partial charge is 0.271 e. The summed E-state index contributed by atoms with van der Waals surface area (Å²) in [6, 6.07) is 9.25. The van der Waals surface area contributed by atoms with Gasteiger partial charge in [0.15, 0.2) is 0 Å². The zero-order chi connectivity index (χ0) is 21.1. The number of nitro benzene ring substituents is 1. The molecule has 28 heavy (non-hydrogen) atoms. The third-order valence-corrected chi connectivity index (χ3v) is 5.46. The number of nitrogens with one attached hydrogen (secondary N) is 1. The number of halogens is 1. The summed E-state index contributed by atoms with van der Waals surface area (Å²) in [7, 11) is -3.92. The molecular weight excluding hydrogens is 406 g/mol. The van der Waals surface area contributed by atoms with Crippen molar-refractivity contribution in [1.82, 2.24) is 0 Å². The third kappa shape index (κ3) is 4.99. The minimum absolute atomic E-state index is 0.0878. The number of aryl methyl sites for hydroxylation is 1. The van der Waals surface area contributed by atoms with E-state index in [1.807, 2.05) is 0 Å². The van der Waals surface area contributed by atoms with Gasteiger partial charge in [-0.15, -0.1) is 0 Å². The standard InChI is InChI=1S/C18H20ClN3O5S/c1-4-16(18(23)20-14-7-5-6-13(19)10-14)21(28(3,26)27)17-11-15(22(24)25)9-8-12(17)2/h5-11,16H,4H2,1-3H3,(H,20,23)/t16-/m0/s1. The van der Waals surface area contributed by atoms with Crippen LogP contribution in [0.2, 0.25) is 5.02 Å². The molecule has 0 saturated carbocycles. The molecule has 10 heteroatoms. The molecule has 1 amide bonds. The van der Waals surface area contributed by atoms with Gasteiger partial charge in [0.25, 0.3) is 5.69 Å². The molecule has 8 nitrogen and oxygen atoms in total. The molecule has 0 unspecified atom stereocenters. The van der Waals surface area contributed by atoms with Gasteiger partial charge in [-0.05, 0) is 37.1 Å². The summed E-state index contributed by atoms with van der Waals surface area (Å²) >= 11 is 5.92. The molecule has 0 fully saturated rings. The number of nitrogens with zero attached hydrogens (tertiary/aromatic N) is 2. The Morgan fingerprint density at radius 2 is 1.96 bits per heavy atom. The predicted molar refractivity (Wildman–Crippen MR) is 109 cm³/mol. The molecule has 0 aliphatic heterocycles. The quantitative estimate of drug-likeness (QED) is 0.536. The van der Waals surface area contributed by atoms with Crippen LogP contribution in [0, 0.1) is 17.0 Å². The van der Waals surface area contributed by atoms with Crippen molar-refractivity contribution >= 4 is 44.6 Å².